The zero-order valence-electron chi connectivity index (χ0n) is 14.4. The SMILES string of the molecule is Cc1cccc(NC(=O)COc2ccc(Cl)cc2/C=C2\SC(N)=NC2=O)c1. The van der Waals surface area contributed by atoms with Gasteiger partial charge in [0.25, 0.3) is 11.8 Å². The number of halogens is 1. The van der Waals surface area contributed by atoms with E-state index in [4.69, 9.17) is 22.1 Å². The summed E-state index contributed by atoms with van der Waals surface area (Å²) in [7, 11) is 0. The number of nitrogens with zero attached hydrogens (tertiary/aromatic N) is 1. The lowest BCUT2D eigenvalue weighted by Gasteiger charge is -2.11. The number of thioether (sulfide) groups is 1. The second-order valence-electron chi connectivity index (χ2n) is 5.75. The number of rotatable bonds is 5. The zero-order chi connectivity index (χ0) is 19.4. The van der Waals surface area contributed by atoms with Crippen molar-refractivity contribution in [3.05, 3.63) is 63.5 Å². The smallest absolute Gasteiger partial charge is 0.286 e. The van der Waals surface area contributed by atoms with Crippen molar-refractivity contribution in [3.63, 3.8) is 0 Å². The van der Waals surface area contributed by atoms with Crippen LogP contribution in [0.5, 0.6) is 5.75 Å². The van der Waals surface area contributed by atoms with Gasteiger partial charge in [-0.25, -0.2) is 0 Å². The summed E-state index contributed by atoms with van der Waals surface area (Å²) in [5.74, 6) is -0.293. The van der Waals surface area contributed by atoms with E-state index in [-0.39, 0.29) is 17.7 Å². The highest BCUT2D eigenvalue weighted by atomic mass is 35.5. The maximum absolute atomic E-state index is 12.1. The van der Waals surface area contributed by atoms with Gasteiger partial charge in [0.2, 0.25) is 0 Å². The minimum Gasteiger partial charge on any atom is -0.483 e. The van der Waals surface area contributed by atoms with Crippen LogP contribution in [0.3, 0.4) is 0 Å². The highest BCUT2D eigenvalue weighted by Gasteiger charge is 2.20. The summed E-state index contributed by atoms with van der Waals surface area (Å²) in [6.45, 7) is 1.75. The molecular formula is C19H16ClN3O3S. The molecule has 0 bridgehead atoms. The molecule has 0 saturated carbocycles. The third kappa shape index (κ3) is 5.12. The Morgan fingerprint density at radius 2 is 2.15 bits per heavy atom. The molecule has 27 heavy (non-hydrogen) atoms. The predicted octanol–water partition coefficient (Wildman–Crippen LogP) is 3.59. The molecule has 138 valence electrons. The number of anilines is 1. The number of carbonyl (C=O) groups is 2. The Morgan fingerprint density at radius 3 is 2.85 bits per heavy atom. The summed E-state index contributed by atoms with van der Waals surface area (Å²) in [4.78, 5) is 28.0. The number of amides is 2. The van der Waals surface area contributed by atoms with Crippen molar-refractivity contribution in [2.24, 2.45) is 10.7 Å². The average molecular weight is 402 g/mol. The van der Waals surface area contributed by atoms with Crippen molar-refractivity contribution in [2.75, 3.05) is 11.9 Å². The van der Waals surface area contributed by atoms with Gasteiger partial charge in [-0.05, 0) is 60.7 Å². The number of benzene rings is 2. The second-order valence-corrected chi connectivity index (χ2v) is 7.25. The fourth-order valence-electron chi connectivity index (χ4n) is 2.39. The summed E-state index contributed by atoms with van der Waals surface area (Å²) < 4.78 is 5.62. The highest BCUT2D eigenvalue weighted by Crippen LogP contribution is 2.31. The number of carbonyl (C=O) groups excluding carboxylic acids is 2. The minimum atomic E-state index is -0.416. The first-order valence-corrected chi connectivity index (χ1v) is 9.17. The maximum atomic E-state index is 12.1. The maximum Gasteiger partial charge on any atom is 0.286 e. The lowest BCUT2D eigenvalue weighted by atomic mass is 10.2. The van der Waals surface area contributed by atoms with E-state index in [1.807, 2.05) is 25.1 Å². The molecule has 1 aliphatic heterocycles. The third-order valence-electron chi connectivity index (χ3n) is 3.56. The van der Waals surface area contributed by atoms with Gasteiger partial charge in [0, 0.05) is 16.3 Å². The number of hydrogen-bond donors (Lipinski definition) is 2. The van der Waals surface area contributed by atoms with Crippen LogP contribution in [0.15, 0.2) is 52.4 Å². The van der Waals surface area contributed by atoms with Gasteiger partial charge in [-0.3, -0.25) is 9.59 Å². The van der Waals surface area contributed by atoms with Gasteiger partial charge in [-0.15, -0.1) is 0 Å². The van der Waals surface area contributed by atoms with Crippen LogP contribution in [0.2, 0.25) is 5.02 Å². The van der Waals surface area contributed by atoms with Gasteiger partial charge in [0.15, 0.2) is 11.8 Å². The van der Waals surface area contributed by atoms with Crippen LogP contribution in [0.25, 0.3) is 6.08 Å². The molecule has 3 N–H and O–H groups in total. The highest BCUT2D eigenvalue weighted by molar-refractivity contribution is 8.18. The monoisotopic (exact) mass is 401 g/mol. The van der Waals surface area contributed by atoms with Crippen LogP contribution in [-0.2, 0) is 9.59 Å². The largest absolute Gasteiger partial charge is 0.483 e. The third-order valence-corrected chi connectivity index (χ3v) is 4.60. The molecule has 0 fully saturated rings. The molecule has 0 radical (unpaired) electrons. The molecule has 2 aromatic rings. The molecular weight excluding hydrogens is 386 g/mol. The fourth-order valence-corrected chi connectivity index (χ4v) is 3.25. The van der Waals surface area contributed by atoms with Gasteiger partial charge in [0.05, 0.1) is 4.91 Å². The number of nitrogens with one attached hydrogen (secondary N) is 1. The van der Waals surface area contributed by atoms with E-state index in [2.05, 4.69) is 10.3 Å². The Kier molecular flexibility index (Phi) is 5.83. The van der Waals surface area contributed by atoms with Crippen molar-refractivity contribution in [1.29, 1.82) is 0 Å². The first kappa shape index (κ1) is 19.0. The topological polar surface area (TPSA) is 93.8 Å². The molecule has 8 heteroatoms. The minimum absolute atomic E-state index is 0.188. The van der Waals surface area contributed by atoms with Crippen LogP contribution in [0.4, 0.5) is 5.69 Å². The van der Waals surface area contributed by atoms with Crippen LogP contribution in [-0.4, -0.2) is 23.6 Å². The van der Waals surface area contributed by atoms with E-state index in [9.17, 15) is 9.59 Å². The lowest BCUT2D eigenvalue weighted by Crippen LogP contribution is -2.20. The van der Waals surface area contributed by atoms with Crippen LogP contribution in [0, 0.1) is 6.92 Å². The Hall–Kier alpha value is -2.77. The summed E-state index contributed by atoms with van der Waals surface area (Å²) in [6.07, 6.45) is 1.59. The number of ether oxygens (including phenoxy) is 1. The normalized spacial score (nSPS) is 15.0. The molecule has 3 rings (SSSR count). The molecule has 2 aromatic carbocycles. The fraction of sp³-hybridized carbons (Fsp3) is 0.105. The second kappa shape index (κ2) is 8.28. The van der Waals surface area contributed by atoms with E-state index in [1.165, 1.54) is 0 Å². The Labute approximate surface area is 165 Å². The molecule has 6 nitrogen and oxygen atoms in total. The molecule has 0 saturated heterocycles. The summed E-state index contributed by atoms with van der Waals surface area (Å²) in [6, 6.07) is 12.4. The van der Waals surface area contributed by atoms with E-state index in [0.717, 1.165) is 17.3 Å². The van der Waals surface area contributed by atoms with Crippen molar-refractivity contribution in [3.8, 4) is 5.75 Å². The standard InChI is InChI=1S/C19H16ClN3O3S/c1-11-3-2-4-14(7-11)22-17(24)10-26-15-6-5-13(20)8-12(15)9-16-18(25)23-19(21)27-16/h2-9H,10H2,1H3,(H,22,24)(H2,21,23,25)/b16-9-. The van der Waals surface area contributed by atoms with E-state index in [1.54, 1.807) is 30.3 Å². The molecule has 0 spiro atoms. The number of aryl methyl sites for hydroxylation is 1. The van der Waals surface area contributed by atoms with Crippen molar-refractivity contribution >= 4 is 52.1 Å². The Balaban J connectivity index is 1.71. The number of hydrogen-bond acceptors (Lipinski definition) is 5. The number of aliphatic imine (C=N–C) groups is 1. The van der Waals surface area contributed by atoms with Gasteiger partial charge in [0.1, 0.15) is 5.75 Å². The van der Waals surface area contributed by atoms with E-state index >= 15 is 0 Å². The Morgan fingerprint density at radius 1 is 1.33 bits per heavy atom. The zero-order valence-corrected chi connectivity index (χ0v) is 15.9. The molecule has 0 atom stereocenters. The van der Waals surface area contributed by atoms with Crippen molar-refractivity contribution < 1.29 is 14.3 Å². The van der Waals surface area contributed by atoms with Gasteiger partial charge < -0.3 is 15.8 Å². The summed E-state index contributed by atoms with van der Waals surface area (Å²) in [5.41, 5.74) is 7.86. The van der Waals surface area contributed by atoms with Crippen LogP contribution >= 0.6 is 23.4 Å². The summed E-state index contributed by atoms with van der Waals surface area (Å²) in [5, 5.41) is 3.43. The first-order chi connectivity index (χ1) is 12.9. The molecule has 1 aliphatic rings. The average Bonchev–Trinajstić information content (AvgIpc) is 2.91. The van der Waals surface area contributed by atoms with Gasteiger partial charge in [-0.2, -0.15) is 4.99 Å². The Bertz CT molecular complexity index is 972. The van der Waals surface area contributed by atoms with Gasteiger partial charge in [-0.1, -0.05) is 23.7 Å². The quantitative estimate of drug-likeness (QED) is 0.746. The van der Waals surface area contributed by atoms with Crippen LogP contribution in [0.1, 0.15) is 11.1 Å². The number of amidine groups is 1. The molecule has 0 aromatic heterocycles. The van der Waals surface area contributed by atoms with E-state index < -0.39 is 5.91 Å². The first-order valence-electron chi connectivity index (χ1n) is 7.97. The lowest BCUT2D eigenvalue weighted by molar-refractivity contribution is -0.118. The van der Waals surface area contributed by atoms with E-state index in [0.29, 0.717) is 26.9 Å². The van der Waals surface area contributed by atoms with Crippen LogP contribution < -0.4 is 15.8 Å². The predicted molar refractivity (Wildman–Crippen MR) is 109 cm³/mol. The molecule has 1 heterocycles. The van der Waals surface area contributed by atoms with Crippen molar-refractivity contribution in [1.82, 2.24) is 0 Å². The van der Waals surface area contributed by atoms with Crippen molar-refractivity contribution in [2.45, 2.75) is 6.92 Å². The number of nitrogens with two attached hydrogens (primary N) is 1. The molecule has 0 unspecified atom stereocenters. The van der Waals surface area contributed by atoms with Gasteiger partial charge >= 0.3 is 0 Å². The molecule has 2 amide bonds. The molecule has 0 aliphatic carbocycles. The summed E-state index contributed by atoms with van der Waals surface area (Å²) >= 11 is 7.11.